The molecule has 0 aromatic carbocycles. The van der Waals surface area contributed by atoms with Gasteiger partial charge in [0, 0.05) is 29.8 Å². The van der Waals surface area contributed by atoms with Crippen LogP contribution in [-0.4, -0.2) is 78.4 Å². The summed E-state index contributed by atoms with van der Waals surface area (Å²) in [6.07, 6.45) is 4.69. The summed E-state index contributed by atoms with van der Waals surface area (Å²) in [4.78, 5) is 27.2. The average Bonchev–Trinajstić information content (AvgIpc) is 2.99. The summed E-state index contributed by atoms with van der Waals surface area (Å²) in [7, 11) is -5.00. The molecule has 0 spiro atoms. The quantitative estimate of drug-likeness (QED) is 0.115. The van der Waals surface area contributed by atoms with Crippen LogP contribution in [0.2, 0.25) is 58.4 Å². The number of rotatable bonds is 14. The number of carbonyl (C=O) groups is 2. The summed E-state index contributed by atoms with van der Waals surface area (Å²) in [5.41, 5.74) is 0.295. The summed E-state index contributed by atoms with van der Waals surface area (Å²) in [5, 5.41) is 0. The molecule has 1 heterocycles. The lowest BCUT2D eigenvalue weighted by atomic mass is 10.1. The number of nitrogens with zero attached hydrogens (tertiary/aromatic N) is 1. The van der Waals surface area contributed by atoms with Crippen LogP contribution >= 0.6 is 0 Å². The van der Waals surface area contributed by atoms with Gasteiger partial charge in [0.25, 0.3) is 5.97 Å². The molecule has 0 unspecified atom stereocenters. The normalized spacial score (nSPS) is 16.3. The van der Waals surface area contributed by atoms with Crippen LogP contribution in [0.25, 0.3) is 0 Å². The van der Waals surface area contributed by atoms with Crippen LogP contribution in [0.1, 0.15) is 25.7 Å². The van der Waals surface area contributed by atoms with Crippen molar-refractivity contribution in [3.8, 4) is 0 Å². The van der Waals surface area contributed by atoms with Gasteiger partial charge in [0.05, 0.1) is 6.61 Å². The van der Waals surface area contributed by atoms with Crippen molar-refractivity contribution < 1.29 is 27.6 Å². The maximum atomic E-state index is 13.4. The van der Waals surface area contributed by atoms with Crippen molar-refractivity contribution in [2.45, 2.75) is 90.1 Å². The van der Waals surface area contributed by atoms with Crippen molar-refractivity contribution in [3.63, 3.8) is 0 Å². The molecule has 1 rings (SSSR count). The summed E-state index contributed by atoms with van der Waals surface area (Å²) < 4.78 is 25.2. The van der Waals surface area contributed by atoms with Gasteiger partial charge in [-0.05, 0) is 71.6 Å². The SMILES string of the molecule is C[SiH](C)OC(O[Si](C)(C)C)(O[Si](C)(C)C)C(=CCCN1CCCC1=O)C(=O)OCCC[SiH3]. The monoisotopic (exact) mass is 519 g/mol. The van der Waals surface area contributed by atoms with Gasteiger partial charge in [0.15, 0.2) is 25.7 Å². The van der Waals surface area contributed by atoms with E-state index < -0.39 is 37.6 Å². The predicted molar refractivity (Wildman–Crippen MR) is 140 cm³/mol. The van der Waals surface area contributed by atoms with E-state index in [0.717, 1.165) is 35.7 Å². The first-order valence-corrected chi connectivity index (χ1v) is 22.9. The first kappa shape index (κ1) is 29.5. The van der Waals surface area contributed by atoms with E-state index in [9.17, 15) is 9.59 Å². The Morgan fingerprint density at radius 1 is 1.16 bits per heavy atom. The highest BCUT2D eigenvalue weighted by atomic mass is 28.4. The molecule has 1 aliphatic rings. The van der Waals surface area contributed by atoms with Crippen LogP contribution in [0, 0.1) is 0 Å². The van der Waals surface area contributed by atoms with Gasteiger partial charge in [-0.2, -0.15) is 0 Å². The summed E-state index contributed by atoms with van der Waals surface area (Å²) in [5.74, 6) is -1.83. The smallest absolute Gasteiger partial charge is 0.341 e. The molecule has 1 aliphatic heterocycles. The van der Waals surface area contributed by atoms with E-state index in [1.54, 1.807) is 0 Å². The molecule has 0 N–H and O–H groups in total. The van der Waals surface area contributed by atoms with E-state index in [1.165, 1.54) is 0 Å². The molecule has 1 amide bonds. The molecule has 186 valence electrons. The van der Waals surface area contributed by atoms with E-state index in [-0.39, 0.29) is 5.91 Å². The molecule has 0 saturated carbocycles. The largest absolute Gasteiger partial charge is 0.462 e. The van der Waals surface area contributed by atoms with Crippen molar-refractivity contribution in [2.24, 2.45) is 0 Å². The standard InChI is InChI=1S/C21H45NO6Si4/c1-30(2)26-21(27-31(3,4)5,28-32(6,7)8)18(20(24)25-16-11-17-29)12-9-14-22-15-10-13-19(22)23/h12,30H,9-11,13-17H2,1-8,29H3. The van der Waals surface area contributed by atoms with Gasteiger partial charge in [0.1, 0.15) is 5.57 Å². The molecule has 1 saturated heterocycles. The summed E-state index contributed by atoms with van der Waals surface area (Å²) in [6, 6.07) is 1.07. The number of esters is 1. The van der Waals surface area contributed by atoms with E-state index >= 15 is 0 Å². The Kier molecular flexibility index (Phi) is 11.8. The molecule has 0 aliphatic carbocycles. The van der Waals surface area contributed by atoms with Crippen molar-refractivity contribution >= 4 is 47.8 Å². The minimum Gasteiger partial charge on any atom is -0.462 e. The lowest BCUT2D eigenvalue weighted by Crippen LogP contribution is -2.56. The molecular weight excluding hydrogens is 475 g/mol. The highest BCUT2D eigenvalue weighted by molar-refractivity contribution is 6.71. The Hall–Kier alpha value is -0.572. The number of carbonyl (C=O) groups excluding carboxylic acids is 2. The van der Waals surface area contributed by atoms with Crippen LogP contribution in [0.5, 0.6) is 0 Å². The maximum Gasteiger partial charge on any atom is 0.341 e. The zero-order valence-electron chi connectivity index (χ0n) is 21.7. The topological polar surface area (TPSA) is 74.3 Å². The van der Waals surface area contributed by atoms with Gasteiger partial charge < -0.3 is 22.9 Å². The zero-order valence-corrected chi connectivity index (χ0v) is 26.9. The molecule has 7 nitrogen and oxygen atoms in total. The van der Waals surface area contributed by atoms with Crippen LogP contribution < -0.4 is 0 Å². The number of hydrogen-bond donors (Lipinski definition) is 0. The molecule has 0 bridgehead atoms. The third-order valence-corrected chi connectivity index (χ3v) is 7.72. The molecule has 32 heavy (non-hydrogen) atoms. The van der Waals surface area contributed by atoms with E-state index in [2.05, 4.69) is 39.3 Å². The molecule has 1 fully saturated rings. The minimum absolute atomic E-state index is 0.170. The van der Waals surface area contributed by atoms with Crippen molar-refractivity contribution in [2.75, 3.05) is 19.7 Å². The van der Waals surface area contributed by atoms with E-state index in [1.807, 2.05) is 24.1 Å². The molecular formula is C21H45NO6Si4. The first-order chi connectivity index (χ1) is 14.7. The molecule has 0 atom stereocenters. The summed E-state index contributed by atoms with van der Waals surface area (Å²) in [6.45, 7) is 18.2. The predicted octanol–water partition coefficient (Wildman–Crippen LogP) is 3.00. The van der Waals surface area contributed by atoms with Crippen LogP contribution in [0.4, 0.5) is 0 Å². The number of amides is 1. The fourth-order valence-corrected chi connectivity index (χ4v) is 6.80. The van der Waals surface area contributed by atoms with Crippen molar-refractivity contribution in [1.82, 2.24) is 4.90 Å². The highest BCUT2D eigenvalue weighted by Gasteiger charge is 2.49. The fraction of sp³-hybridized carbons (Fsp3) is 0.810. The van der Waals surface area contributed by atoms with Gasteiger partial charge in [0.2, 0.25) is 5.91 Å². The van der Waals surface area contributed by atoms with Gasteiger partial charge in [-0.3, -0.25) is 4.79 Å². The average molecular weight is 520 g/mol. The van der Waals surface area contributed by atoms with Crippen molar-refractivity contribution in [1.29, 1.82) is 0 Å². The molecule has 0 aromatic rings. The Morgan fingerprint density at radius 3 is 2.19 bits per heavy atom. The van der Waals surface area contributed by atoms with Crippen LogP contribution in [0.15, 0.2) is 11.6 Å². The minimum atomic E-state index is -2.19. The third kappa shape index (κ3) is 10.6. The number of likely N-dealkylation sites (tertiary alicyclic amines) is 1. The Balaban J connectivity index is 3.40. The highest BCUT2D eigenvalue weighted by Crippen LogP contribution is 2.34. The summed E-state index contributed by atoms with van der Waals surface area (Å²) >= 11 is 0. The second-order valence-electron chi connectivity index (χ2n) is 10.5. The maximum absolute atomic E-state index is 13.4. The van der Waals surface area contributed by atoms with Gasteiger partial charge in [-0.25, -0.2) is 4.79 Å². The molecule has 0 aromatic heterocycles. The van der Waals surface area contributed by atoms with Gasteiger partial charge in [-0.15, -0.1) is 0 Å². The second kappa shape index (κ2) is 12.8. The lowest BCUT2D eigenvalue weighted by Gasteiger charge is -2.44. The Bertz CT molecular complexity index is 642. The van der Waals surface area contributed by atoms with Gasteiger partial charge >= 0.3 is 5.97 Å². The zero-order chi connectivity index (χ0) is 24.6. The van der Waals surface area contributed by atoms with Gasteiger partial charge in [-0.1, -0.05) is 12.1 Å². The van der Waals surface area contributed by atoms with E-state index in [0.29, 0.717) is 31.6 Å². The number of hydrogen-bond acceptors (Lipinski definition) is 6. The number of ether oxygens (including phenoxy) is 1. The van der Waals surface area contributed by atoms with E-state index in [4.69, 9.17) is 18.0 Å². The third-order valence-electron chi connectivity index (χ3n) is 4.47. The Morgan fingerprint density at radius 2 is 1.75 bits per heavy atom. The lowest BCUT2D eigenvalue weighted by molar-refractivity contribution is -0.240. The molecule has 0 radical (unpaired) electrons. The fourth-order valence-electron chi connectivity index (χ4n) is 3.38. The van der Waals surface area contributed by atoms with Crippen molar-refractivity contribution in [3.05, 3.63) is 11.6 Å². The second-order valence-corrected chi connectivity index (χ2v) is 22.7. The molecule has 11 heteroatoms. The van der Waals surface area contributed by atoms with Crippen LogP contribution in [-0.2, 0) is 27.6 Å². The van der Waals surface area contributed by atoms with Crippen LogP contribution in [0.3, 0.4) is 0 Å². The Labute approximate surface area is 201 Å². The first-order valence-electron chi connectivity index (χ1n) is 11.9.